The number of alkyl halides is 6. The molecule has 148 valence electrons. The molecule has 0 aromatic rings. The fraction of sp³-hybridized carbons (Fsp3) is 0.917. The van der Waals surface area contributed by atoms with E-state index in [-0.39, 0.29) is 37.9 Å². The Kier molecular flexibility index (Phi) is 7.35. The predicted molar refractivity (Wildman–Crippen MR) is 79.4 cm³/mol. The minimum absolute atomic E-state index is 0.0823. The van der Waals surface area contributed by atoms with Crippen molar-refractivity contribution in [1.82, 2.24) is 14.9 Å². The van der Waals surface area contributed by atoms with Crippen LogP contribution in [0.4, 0.5) is 26.3 Å². The third-order valence-electron chi connectivity index (χ3n) is 3.44. The van der Waals surface area contributed by atoms with Crippen LogP contribution in [-0.4, -0.2) is 62.6 Å². The lowest BCUT2D eigenvalue weighted by Gasteiger charge is -2.32. The van der Waals surface area contributed by atoms with Gasteiger partial charge < -0.3 is 10.6 Å². The molecule has 1 aliphatic heterocycles. The molecule has 1 saturated heterocycles. The van der Waals surface area contributed by atoms with Gasteiger partial charge in [-0.15, -0.1) is 0 Å². The van der Waals surface area contributed by atoms with Crippen molar-refractivity contribution in [1.29, 1.82) is 0 Å². The smallest absolute Gasteiger partial charge is 0.357 e. The Hall–Kier alpha value is -1.24. The largest absolute Gasteiger partial charge is 0.511 e. The van der Waals surface area contributed by atoms with E-state index in [4.69, 9.17) is 0 Å². The van der Waals surface area contributed by atoms with E-state index in [2.05, 4.69) is 15.6 Å². The highest BCUT2D eigenvalue weighted by molar-refractivity contribution is 7.90. The number of halogens is 6. The molecule has 1 rings (SSSR count). The minimum Gasteiger partial charge on any atom is -0.357 e. The first-order valence-corrected chi connectivity index (χ1v) is 8.99. The van der Waals surface area contributed by atoms with E-state index in [1.165, 1.54) is 0 Å². The number of piperidine rings is 1. The van der Waals surface area contributed by atoms with Gasteiger partial charge in [0.1, 0.15) is 0 Å². The summed E-state index contributed by atoms with van der Waals surface area (Å²) in [6.45, 7) is 0.946. The summed E-state index contributed by atoms with van der Waals surface area (Å²) in [5.41, 5.74) is -5.35. The fourth-order valence-electron chi connectivity index (χ4n) is 2.19. The average Bonchev–Trinajstić information content (AvgIpc) is 2.45. The van der Waals surface area contributed by atoms with Crippen molar-refractivity contribution in [2.45, 2.75) is 43.9 Å². The standard InChI is InChI=1S/C12H20F6N4O2S/c1-2-19-10(20-6-5-11(13,14)15)21-9-3-7-22(8-4-9)25(23,24)12(16,17)18/h9H,2-8H2,1H3,(H2,19,20,21). The molecule has 0 unspecified atom stereocenters. The number of nitrogens with zero attached hydrogens (tertiary/aromatic N) is 2. The van der Waals surface area contributed by atoms with Crippen molar-refractivity contribution < 1.29 is 34.8 Å². The Labute approximate surface area is 141 Å². The third-order valence-corrected chi connectivity index (χ3v) is 5.07. The van der Waals surface area contributed by atoms with Crippen molar-refractivity contribution >= 4 is 16.0 Å². The number of hydrogen-bond donors (Lipinski definition) is 2. The predicted octanol–water partition coefficient (Wildman–Crippen LogP) is 1.81. The Bertz CT molecular complexity index is 553. The first-order valence-electron chi connectivity index (χ1n) is 7.55. The first kappa shape index (κ1) is 21.8. The van der Waals surface area contributed by atoms with Crippen molar-refractivity contribution in [2.75, 3.05) is 26.2 Å². The van der Waals surface area contributed by atoms with Gasteiger partial charge in [0.05, 0.1) is 13.0 Å². The topological polar surface area (TPSA) is 73.8 Å². The maximum atomic E-state index is 12.5. The molecule has 6 nitrogen and oxygen atoms in total. The molecule has 13 heteroatoms. The number of nitrogens with one attached hydrogen (secondary N) is 2. The van der Waals surface area contributed by atoms with E-state index in [1.807, 2.05) is 0 Å². The van der Waals surface area contributed by atoms with Crippen LogP contribution in [0.15, 0.2) is 4.99 Å². The molecule has 1 heterocycles. The van der Waals surface area contributed by atoms with Crippen molar-refractivity contribution in [3.63, 3.8) is 0 Å². The van der Waals surface area contributed by atoms with Gasteiger partial charge in [-0.05, 0) is 19.8 Å². The van der Waals surface area contributed by atoms with Crippen molar-refractivity contribution in [3.05, 3.63) is 0 Å². The molecule has 0 aliphatic carbocycles. The number of sulfonamides is 1. The van der Waals surface area contributed by atoms with Crippen LogP contribution in [0.25, 0.3) is 0 Å². The van der Waals surface area contributed by atoms with Gasteiger partial charge >= 0.3 is 21.7 Å². The van der Waals surface area contributed by atoms with Crippen LogP contribution in [0.3, 0.4) is 0 Å². The zero-order chi connectivity index (χ0) is 19.3. The lowest BCUT2D eigenvalue weighted by Crippen LogP contribution is -2.51. The maximum absolute atomic E-state index is 12.5. The molecular formula is C12H20F6N4O2S. The van der Waals surface area contributed by atoms with Crippen molar-refractivity contribution in [2.24, 2.45) is 4.99 Å². The lowest BCUT2D eigenvalue weighted by atomic mass is 10.1. The summed E-state index contributed by atoms with van der Waals surface area (Å²) in [5.74, 6) is 0.115. The molecule has 0 atom stereocenters. The molecule has 2 N–H and O–H groups in total. The summed E-state index contributed by atoms with van der Waals surface area (Å²) in [5, 5.41) is 5.56. The highest BCUT2D eigenvalue weighted by Crippen LogP contribution is 2.28. The fourth-order valence-corrected chi connectivity index (χ4v) is 3.18. The number of guanidine groups is 1. The Morgan fingerprint density at radius 2 is 1.72 bits per heavy atom. The molecule has 1 fully saturated rings. The minimum atomic E-state index is -5.36. The normalized spacial score (nSPS) is 19.1. The first-order chi connectivity index (χ1) is 11.4. The van der Waals surface area contributed by atoms with Gasteiger partial charge in [-0.2, -0.15) is 30.6 Å². The van der Waals surface area contributed by atoms with E-state index in [1.54, 1.807) is 6.92 Å². The van der Waals surface area contributed by atoms with Crippen LogP contribution in [0.2, 0.25) is 0 Å². The van der Waals surface area contributed by atoms with E-state index in [0.717, 1.165) is 0 Å². The van der Waals surface area contributed by atoms with Gasteiger partial charge in [0, 0.05) is 25.7 Å². The molecule has 0 aromatic heterocycles. The van der Waals surface area contributed by atoms with E-state index in [0.29, 0.717) is 10.8 Å². The molecule has 0 spiro atoms. The zero-order valence-corrected chi connectivity index (χ0v) is 14.2. The van der Waals surface area contributed by atoms with Gasteiger partial charge in [0.2, 0.25) is 0 Å². The number of rotatable bonds is 5. The summed E-state index contributed by atoms with van der Waals surface area (Å²) in [7, 11) is -5.36. The molecule has 0 radical (unpaired) electrons. The maximum Gasteiger partial charge on any atom is 0.511 e. The second kappa shape index (κ2) is 8.43. The molecule has 0 aromatic carbocycles. The van der Waals surface area contributed by atoms with Crippen LogP contribution in [-0.2, 0) is 10.0 Å². The molecule has 0 amide bonds. The molecule has 0 saturated carbocycles. The van der Waals surface area contributed by atoms with Crippen LogP contribution in [0.1, 0.15) is 26.2 Å². The van der Waals surface area contributed by atoms with E-state index >= 15 is 0 Å². The second-order valence-electron chi connectivity index (χ2n) is 5.39. The Balaban J connectivity index is 2.59. The summed E-state index contributed by atoms with van der Waals surface area (Å²) in [6.07, 6.45) is -5.26. The van der Waals surface area contributed by atoms with Gasteiger partial charge in [-0.3, -0.25) is 4.99 Å². The van der Waals surface area contributed by atoms with Crippen LogP contribution in [0, 0.1) is 0 Å². The van der Waals surface area contributed by atoms with E-state index < -0.39 is 34.7 Å². The quantitative estimate of drug-likeness (QED) is 0.421. The van der Waals surface area contributed by atoms with Gasteiger partial charge in [-0.25, -0.2) is 8.42 Å². The number of hydrogen-bond acceptors (Lipinski definition) is 3. The van der Waals surface area contributed by atoms with Crippen LogP contribution in [0.5, 0.6) is 0 Å². The highest BCUT2D eigenvalue weighted by atomic mass is 32.2. The zero-order valence-electron chi connectivity index (χ0n) is 13.4. The molecule has 25 heavy (non-hydrogen) atoms. The molecule has 0 bridgehead atoms. The summed E-state index contributed by atoms with van der Waals surface area (Å²) in [4.78, 5) is 3.76. The van der Waals surface area contributed by atoms with Gasteiger partial charge in [-0.1, -0.05) is 0 Å². The van der Waals surface area contributed by atoms with Crippen LogP contribution < -0.4 is 10.6 Å². The highest BCUT2D eigenvalue weighted by Gasteiger charge is 2.50. The van der Waals surface area contributed by atoms with Gasteiger partial charge in [0.25, 0.3) is 0 Å². The van der Waals surface area contributed by atoms with Crippen molar-refractivity contribution in [3.8, 4) is 0 Å². The second-order valence-corrected chi connectivity index (χ2v) is 7.32. The average molecular weight is 398 g/mol. The summed E-state index contributed by atoms with van der Waals surface area (Å²) >= 11 is 0. The van der Waals surface area contributed by atoms with Gasteiger partial charge in [0.15, 0.2) is 5.96 Å². The lowest BCUT2D eigenvalue weighted by molar-refractivity contribution is -0.132. The number of aliphatic imine (C=N–C) groups is 1. The molecular weight excluding hydrogens is 378 g/mol. The summed E-state index contributed by atoms with van der Waals surface area (Å²) in [6, 6.07) is -0.386. The van der Waals surface area contributed by atoms with E-state index in [9.17, 15) is 34.8 Å². The summed E-state index contributed by atoms with van der Waals surface area (Å²) < 4.78 is 96.9. The van der Waals surface area contributed by atoms with Crippen LogP contribution >= 0.6 is 0 Å². The molecule has 1 aliphatic rings. The third kappa shape index (κ3) is 6.88. The monoisotopic (exact) mass is 398 g/mol. The Morgan fingerprint density at radius 1 is 1.16 bits per heavy atom. The Morgan fingerprint density at radius 3 is 2.16 bits per heavy atom. The SMILES string of the molecule is CCNC(=NCCC(F)(F)F)NC1CCN(S(=O)(=O)C(F)(F)F)CC1.